The monoisotopic (exact) mass is 329 g/mol. The van der Waals surface area contributed by atoms with E-state index in [0.29, 0.717) is 20.8 Å². The van der Waals surface area contributed by atoms with Crippen LogP contribution in [0.15, 0.2) is 9.98 Å². The lowest BCUT2D eigenvalue weighted by atomic mass is 10.0. The molecule has 0 saturated carbocycles. The zero-order valence-corrected chi connectivity index (χ0v) is 12.4. The fourth-order valence-electron chi connectivity index (χ4n) is 1.77. The van der Waals surface area contributed by atoms with Crippen molar-refractivity contribution in [2.75, 3.05) is 6.61 Å². The lowest BCUT2D eigenvalue weighted by molar-refractivity contribution is -0.142. The zero-order valence-electron chi connectivity index (χ0n) is 9.99. The second-order valence-corrected chi connectivity index (χ2v) is 6.09. The van der Waals surface area contributed by atoms with Crippen molar-refractivity contribution >= 4 is 43.5 Å². The van der Waals surface area contributed by atoms with Gasteiger partial charge < -0.3 is 9.84 Å². The molecule has 2 rings (SSSR count). The molecule has 6 heteroatoms. The van der Waals surface area contributed by atoms with Gasteiger partial charge in [-0.15, -0.1) is 11.3 Å². The topological polar surface area (TPSA) is 59.4 Å². The smallest absolute Gasteiger partial charge is 0.310 e. The van der Waals surface area contributed by atoms with E-state index in [2.05, 4.69) is 20.9 Å². The molecule has 0 aliphatic rings. The van der Waals surface area contributed by atoms with Gasteiger partial charge in [-0.05, 0) is 41.4 Å². The number of aryl methyl sites for hydroxylation is 1. The number of thiazole rings is 1. The molecule has 1 heterocycles. The van der Waals surface area contributed by atoms with Crippen molar-refractivity contribution in [1.29, 1.82) is 0 Å². The standard InChI is InChI=1S/C12H12BrNO3S/c1-3-17-9(15)5-7-6(2)4-8-11(10(7)16)18-12(13)14-8/h4,16H,3,5H2,1-2H3. The summed E-state index contributed by atoms with van der Waals surface area (Å²) in [6.07, 6.45) is 0.0803. The van der Waals surface area contributed by atoms with Crippen molar-refractivity contribution in [3.05, 3.63) is 21.1 Å². The van der Waals surface area contributed by atoms with E-state index in [0.717, 1.165) is 11.1 Å². The molecule has 18 heavy (non-hydrogen) atoms. The first-order chi connectivity index (χ1) is 8.52. The molecule has 0 radical (unpaired) electrons. The van der Waals surface area contributed by atoms with E-state index in [1.807, 2.05) is 13.0 Å². The number of hydrogen-bond acceptors (Lipinski definition) is 5. The van der Waals surface area contributed by atoms with Gasteiger partial charge in [0.2, 0.25) is 0 Å². The molecule has 1 N–H and O–H groups in total. The molecule has 0 spiro atoms. The minimum absolute atomic E-state index is 0.0803. The van der Waals surface area contributed by atoms with E-state index in [-0.39, 0.29) is 18.1 Å². The van der Waals surface area contributed by atoms with Crippen LogP contribution in [-0.4, -0.2) is 22.7 Å². The van der Waals surface area contributed by atoms with E-state index in [1.54, 1.807) is 6.92 Å². The number of aromatic hydroxyl groups is 1. The summed E-state index contributed by atoms with van der Waals surface area (Å²) in [5.41, 5.74) is 2.18. The highest BCUT2D eigenvalue weighted by Gasteiger charge is 2.17. The Morgan fingerprint density at radius 2 is 2.33 bits per heavy atom. The number of aromatic nitrogens is 1. The van der Waals surface area contributed by atoms with Crippen LogP contribution in [0.3, 0.4) is 0 Å². The van der Waals surface area contributed by atoms with Crippen molar-refractivity contribution in [1.82, 2.24) is 4.98 Å². The van der Waals surface area contributed by atoms with Gasteiger partial charge in [0, 0.05) is 5.56 Å². The normalized spacial score (nSPS) is 10.8. The fourth-order valence-corrected chi connectivity index (χ4v) is 3.19. The zero-order chi connectivity index (χ0) is 13.3. The van der Waals surface area contributed by atoms with Gasteiger partial charge in [0.05, 0.1) is 23.2 Å². The van der Waals surface area contributed by atoms with Crippen LogP contribution in [-0.2, 0) is 16.0 Å². The van der Waals surface area contributed by atoms with Gasteiger partial charge in [-0.3, -0.25) is 4.79 Å². The second kappa shape index (κ2) is 5.24. The molecule has 0 saturated heterocycles. The first-order valence-corrected chi connectivity index (χ1v) is 7.07. The summed E-state index contributed by atoms with van der Waals surface area (Å²) in [6, 6.07) is 1.87. The number of fused-ring (bicyclic) bond motifs is 1. The molecular weight excluding hydrogens is 318 g/mol. The number of esters is 1. The number of rotatable bonds is 3. The molecule has 0 atom stereocenters. The van der Waals surface area contributed by atoms with Crippen molar-refractivity contribution in [3.8, 4) is 5.75 Å². The third-order valence-electron chi connectivity index (χ3n) is 2.58. The van der Waals surface area contributed by atoms with Gasteiger partial charge in [0.25, 0.3) is 0 Å². The minimum Gasteiger partial charge on any atom is -0.506 e. The van der Waals surface area contributed by atoms with Crippen LogP contribution in [0, 0.1) is 6.92 Å². The predicted molar refractivity (Wildman–Crippen MR) is 74.1 cm³/mol. The average molecular weight is 330 g/mol. The fraction of sp³-hybridized carbons (Fsp3) is 0.333. The van der Waals surface area contributed by atoms with Crippen LogP contribution in [0.5, 0.6) is 5.75 Å². The molecule has 1 aromatic heterocycles. The molecule has 0 fully saturated rings. The summed E-state index contributed by atoms with van der Waals surface area (Å²) < 4.78 is 6.30. The maximum atomic E-state index is 11.5. The molecule has 96 valence electrons. The van der Waals surface area contributed by atoms with E-state index >= 15 is 0 Å². The molecule has 0 aliphatic heterocycles. The lowest BCUT2D eigenvalue weighted by Gasteiger charge is -2.08. The average Bonchev–Trinajstić information content (AvgIpc) is 2.65. The maximum Gasteiger partial charge on any atom is 0.310 e. The number of phenols is 1. The van der Waals surface area contributed by atoms with Crippen molar-refractivity contribution in [3.63, 3.8) is 0 Å². The van der Waals surface area contributed by atoms with Gasteiger partial charge in [-0.2, -0.15) is 0 Å². The van der Waals surface area contributed by atoms with Crippen LogP contribution < -0.4 is 0 Å². The molecule has 0 unspecified atom stereocenters. The second-order valence-electron chi connectivity index (χ2n) is 3.82. The van der Waals surface area contributed by atoms with Crippen LogP contribution in [0.4, 0.5) is 0 Å². The third-order valence-corrected chi connectivity index (χ3v) is 4.11. The molecule has 1 aromatic carbocycles. The predicted octanol–water partition coefficient (Wildman–Crippen LogP) is 3.18. The highest BCUT2D eigenvalue weighted by atomic mass is 79.9. The van der Waals surface area contributed by atoms with Gasteiger partial charge in [0.15, 0.2) is 3.92 Å². The van der Waals surface area contributed by atoms with Crippen LogP contribution in [0.1, 0.15) is 18.1 Å². The Kier molecular flexibility index (Phi) is 3.87. The van der Waals surface area contributed by atoms with E-state index in [9.17, 15) is 9.90 Å². The Hall–Kier alpha value is -1.14. The van der Waals surface area contributed by atoms with Crippen molar-refractivity contribution in [2.24, 2.45) is 0 Å². The number of ether oxygens (including phenoxy) is 1. The van der Waals surface area contributed by atoms with Gasteiger partial charge in [-0.25, -0.2) is 4.98 Å². The maximum absolute atomic E-state index is 11.5. The number of halogens is 1. The Balaban J connectivity index is 2.46. The molecular formula is C12H12BrNO3S. The number of nitrogens with zero attached hydrogens (tertiary/aromatic N) is 1. The Morgan fingerprint density at radius 3 is 3.00 bits per heavy atom. The molecule has 0 aliphatic carbocycles. The van der Waals surface area contributed by atoms with Gasteiger partial charge >= 0.3 is 5.97 Å². The van der Waals surface area contributed by atoms with Crippen LogP contribution in [0.2, 0.25) is 0 Å². The molecule has 0 bridgehead atoms. The Labute approximate surface area is 117 Å². The largest absolute Gasteiger partial charge is 0.506 e. The summed E-state index contributed by atoms with van der Waals surface area (Å²) in [4.78, 5) is 15.8. The highest BCUT2D eigenvalue weighted by Crippen LogP contribution is 2.37. The summed E-state index contributed by atoms with van der Waals surface area (Å²) in [5.74, 6) is -0.208. The molecule has 0 amide bonds. The van der Waals surface area contributed by atoms with E-state index in [4.69, 9.17) is 4.74 Å². The number of benzene rings is 1. The summed E-state index contributed by atoms with van der Waals surface area (Å²) in [5, 5.41) is 10.2. The van der Waals surface area contributed by atoms with Gasteiger partial charge in [-0.1, -0.05) is 0 Å². The number of carbonyl (C=O) groups excluding carboxylic acids is 1. The summed E-state index contributed by atoms with van der Waals surface area (Å²) in [7, 11) is 0. The number of hydrogen-bond donors (Lipinski definition) is 1. The number of carbonyl (C=O) groups is 1. The first kappa shape index (κ1) is 13.3. The molecule has 2 aromatic rings. The van der Waals surface area contributed by atoms with E-state index < -0.39 is 0 Å². The van der Waals surface area contributed by atoms with Crippen molar-refractivity contribution < 1.29 is 14.6 Å². The Morgan fingerprint density at radius 1 is 1.61 bits per heavy atom. The quantitative estimate of drug-likeness (QED) is 0.878. The van der Waals surface area contributed by atoms with Crippen LogP contribution in [0.25, 0.3) is 10.2 Å². The minimum atomic E-state index is -0.334. The molecule has 4 nitrogen and oxygen atoms in total. The summed E-state index contributed by atoms with van der Waals surface area (Å²) >= 11 is 4.63. The van der Waals surface area contributed by atoms with Crippen LogP contribution >= 0.6 is 27.3 Å². The summed E-state index contributed by atoms with van der Waals surface area (Å²) in [6.45, 7) is 3.95. The lowest BCUT2D eigenvalue weighted by Crippen LogP contribution is -2.08. The third kappa shape index (κ3) is 2.49. The SMILES string of the molecule is CCOC(=O)Cc1c(C)cc2nc(Br)sc2c1O. The van der Waals surface area contributed by atoms with Gasteiger partial charge in [0.1, 0.15) is 5.75 Å². The van der Waals surface area contributed by atoms with E-state index in [1.165, 1.54) is 11.3 Å². The highest BCUT2D eigenvalue weighted by molar-refractivity contribution is 9.11. The first-order valence-electron chi connectivity index (χ1n) is 5.46. The van der Waals surface area contributed by atoms with Crippen molar-refractivity contribution in [2.45, 2.75) is 20.3 Å². The Bertz CT molecular complexity index is 609. The number of phenolic OH excluding ortho intramolecular Hbond substituents is 1.